The predicted octanol–water partition coefficient (Wildman–Crippen LogP) is 2.78. The van der Waals surface area contributed by atoms with Crippen LogP contribution in [0.25, 0.3) is 0 Å². The van der Waals surface area contributed by atoms with Crippen LogP contribution in [0.2, 0.25) is 0 Å². The second-order valence-electron chi connectivity index (χ2n) is 4.63. The summed E-state index contributed by atoms with van der Waals surface area (Å²) in [6.45, 7) is 7.69. The van der Waals surface area contributed by atoms with Gasteiger partial charge in [0, 0.05) is 24.8 Å². The Morgan fingerprint density at radius 3 is 3.00 bits per heavy atom. The Morgan fingerprint density at radius 2 is 2.31 bits per heavy atom. The van der Waals surface area contributed by atoms with Gasteiger partial charge in [-0.15, -0.1) is 0 Å². The summed E-state index contributed by atoms with van der Waals surface area (Å²) in [6.07, 6.45) is 2.66. The van der Waals surface area contributed by atoms with Crippen molar-refractivity contribution in [2.75, 3.05) is 18.0 Å². The van der Waals surface area contributed by atoms with Crippen LogP contribution >= 0.6 is 0 Å². The van der Waals surface area contributed by atoms with E-state index in [1.807, 2.05) is 0 Å². The highest BCUT2D eigenvalue weighted by molar-refractivity contribution is 5.50. The molecule has 1 unspecified atom stereocenters. The molecule has 1 heterocycles. The summed E-state index contributed by atoms with van der Waals surface area (Å²) in [4.78, 5) is 2.52. The summed E-state index contributed by atoms with van der Waals surface area (Å²) in [5.74, 6) is 0. The van der Waals surface area contributed by atoms with Crippen molar-refractivity contribution < 1.29 is 0 Å². The topological polar surface area (TPSA) is 15.3 Å². The van der Waals surface area contributed by atoms with Gasteiger partial charge in [-0.2, -0.15) is 0 Å². The van der Waals surface area contributed by atoms with Gasteiger partial charge in [0.2, 0.25) is 0 Å². The lowest BCUT2D eigenvalue weighted by Gasteiger charge is -2.24. The van der Waals surface area contributed by atoms with Gasteiger partial charge in [0.15, 0.2) is 0 Å². The average Bonchev–Trinajstić information content (AvgIpc) is 2.73. The van der Waals surface area contributed by atoms with E-state index in [0.717, 1.165) is 13.1 Å². The summed E-state index contributed by atoms with van der Waals surface area (Å²) < 4.78 is 0. The maximum Gasteiger partial charge on any atom is 0.0371 e. The van der Waals surface area contributed by atoms with E-state index in [0.29, 0.717) is 6.04 Å². The molecule has 1 aromatic rings. The highest BCUT2D eigenvalue weighted by atomic mass is 15.2. The normalized spacial score (nSPS) is 20.4. The van der Waals surface area contributed by atoms with Gasteiger partial charge < -0.3 is 10.2 Å². The van der Waals surface area contributed by atoms with Crippen LogP contribution in [-0.4, -0.2) is 19.1 Å². The van der Waals surface area contributed by atoms with Crippen LogP contribution in [0.3, 0.4) is 0 Å². The van der Waals surface area contributed by atoms with Crippen LogP contribution in [0, 0.1) is 0 Å². The molecule has 0 bridgehead atoms. The van der Waals surface area contributed by atoms with Gasteiger partial charge >= 0.3 is 0 Å². The van der Waals surface area contributed by atoms with E-state index in [1.54, 1.807) is 0 Å². The number of nitrogens with one attached hydrogen (secondary N) is 1. The molecule has 1 aliphatic rings. The molecule has 0 saturated carbocycles. The second-order valence-corrected chi connectivity index (χ2v) is 4.63. The molecular formula is C14H22N2. The highest BCUT2D eigenvalue weighted by Crippen LogP contribution is 2.25. The molecule has 1 N–H and O–H groups in total. The van der Waals surface area contributed by atoms with Crippen molar-refractivity contribution in [1.29, 1.82) is 0 Å². The Morgan fingerprint density at radius 1 is 1.44 bits per heavy atom. The Bertz CT molecular complexity index is 335. The van der Waals surface area contributed by atoms with E-state index >= 15 is 0 Å². The number of anilines is 1. The first-order valence-corrected chi connectivity index (χ1v) is 6.37. The van der Waals surface area contributed by atoms with Crippen molar-refractivity contribution in [3.05, 3.63) is 29.8 Å². The van der Waals surface area contributed by atoms with Crippen molar-refractivity contribution in [2.24, 2.45) is 0 Å². The molecule has 2 nitrogen and oxygen atoms in total. The number of benzene rings is 1. The van der Waals surface area contributed by atoms with Crippen molar-refractivity contribution in [3.8, 4) is 0 Å². The summed E-state index contributed by atoms with van der Waals surface area (Å²) in [6, 6.07) is 9.64. The highest BCUT2D eigenvalue weighted by Gasteiger charge is 2.20. The van der Waals surface area contributed by atoms with Crippen LogP contribution in [0.1, 0.15) is 32.3 Å². The number of nitrogens with zero attached hydrogens (tertiary/aromatic N) is 1. The zero-order chi connectivity index (χ0) is 11.4. The lowest BCUT2D eigenvalue weighted by atomic mass is 10.1. The van der Waals surface area contributed by atoms with Gasteiger partial charge in [-0.1, -0.05) is 19.1 Å². The number of hydrogen-bond donors (Lipinski definition) is 1. The third kappa shape index (κ3) is 2.56. The summed E-state index contributed by atoms with van der Waals surface area (Å²) in [5, 5.41) is 3.38. The van der Waals surface area contributed by atoms with E-state index < -0.39 is 0 Å². The zero-order valence-electron chi connectivity index (χ0n) is 10.4. The average molecular weight is 218 g/mol. The smallest absolute Gasteiger partial charge is 0.0371 e. The van der Waals surface area contributed by atoms with Gasteiger partial charge in [-0.3, -0.25) is 0 Å². The molecule has 1 aromatic carbocycles. The van der Waals surface area contributed by atoms with E-state index in [1.165, 1.54) is 30.6 Å². The molecule has 16 heavy (non-hydrogen) atoms. The van der Waals surface area contributed by atoms with Gasteiger partial charge in [-0.05, 0) is 44.0 Å². The molecule has 2 heteroatoms. The van der Waals surface area contributed by atoms with Crippen LogP contribution in [0.4, 0.5) is 5.69 Å². The molecule has 88 valence electrons. The molecular weight excluding hydrogens is 196 g/mol. The van der Waals surface area contributed by atoms with Crippen molar-refractivity contribution in [3.63, 3.8) is 0 Å². The Hall–Kier alpha value is -1.02. The Balaban J connectivity index is 2.09. The van der Waals surface area contributed by atoms with Crippen molar-refractivity contribution >= 4 is 5.69 Å². The van der Waals surface area contributed by atoms with E-state index in [9.17, 15) is 0 Å². The fourth-order valence-electron chi connectivity index (χ4n) is 2.43. The third-order valence-corrected chi connectivity index (χ3v) is 3.37. The molecule has 0 amide bonds. The first kappa shape index (κ1) is 11.5. The number of rotatable bonds is 4. The maximum atomic E-state index is 3.38. The molecule has 1 aliphatic heterocycles. The van der Waals surface area contributed by atoms with Crippen LogP contribution < -0.4 is 10.2 Å². The summed E-state index contributed by atoms with van der Waals surface area (Å²) in [5.41, 5.74) is 2.78. The Labute approximate surface area is 98.7 Å². The first-order chi connectivity index (χ1) is 7.81. The SMILES string of the molecule is CCNCc1cccc(N2CCCC2C)c1. The van der Waals surface area contributed by atoms with Crippen LogP contribution in [0.15, 0.2) is 24.3 Å². The molecule has 0 aromatic heterocycles. The number of hydrogen-bond acceptors (Lipinski definition) is 2. The lowest BCUT2D eigenvalue weighted by molar-refractivity contribution is 0.720. The van der Waals surface area contributed by atoms with E-state index in [4.69, 9.17) is 0 Å². The first-order valence-electron chi connectivity index (χ1n) is 6.37. The Kier molecular flexibility index (Phi) is 3.83. The maximum absolute atomic E-state index is 3.38. The molecule has 1 atom stereocenters. The molecule has 0 radical (unpaired) electrons. The quantitative estimate of drug-likeness (QED) is 0.836. The monoisotopic (exact) mass is 218 g/mol. The largest absolute Gasteiger partial charge is 0.369 e. The lowest BCUT2D eigenvalue weighted by Crippen LogP contribution is -2.26. The van der Waals surface area contributed by atoms with Crippen molar-refractivity contribution in [1.82, 2.24) is 5.32 Å². The predicted molar refractivity (Wildman–Crippen MR) is 69.9 cm³/mol. The fourth-order valence-corrected chi connectivity index (χ4v) is 2.43. The van der Waals surface area contributed by atoms with E-state index in [-0.39, 0.29) is 0 Å². The van der Waals surface area contributed by atoms with Gasteiger partial charge in [-0.25, -0.2) is 0 Å². The minimum atomic E-state index is 0.703. The summed E-state index contributed by atoms with van der Waals surface area (Å²) >= 11 is 0. The van der Waals surface area contributed by atoms with Gasteiger partial charge in [0.05, 0.1) is 0 Å². The van der Waals surface area contributed by atoms with Gasteiger partial charge in [0.25, 0.3) is 0 Å². The summed E-state index contributed by atoms with van der Waals surface area (Å²) in [7, 11) is 0. The fraction of sp³-hybridized carbons (Fsp3) is 0.571. The standard InChI is InChI=1S/C14H22N2/c1-3-15-11-13-7-4-8-14(10-13)16-9-5-6-12(16)2/h4,7-8,10,12,15H,3,5-6,9,11H2,1-2H3. The minimum absolute atomic E-state index is 0.703. The minimum Gasteiger partial charge on any atom is -0.369 e. The third-order valence-electron chi connectivity index (χ3n) is 3.37. The van der Waals surface area contributed by atoms with Crippen molar-refractivity contribution in [2.45, 2.75) is 39.3 Å². The van der Waals surface area contributed by atoms with Crippen LogP contribution in [0.5, 0.6) is 0 Å². The molecule has 1 saturated heterocycles. The molecule has 0 spiro atoms. The molecule has 0 aliphatic carbocycles. The van der Waals surface area contributed by atoms with E-state index in [2.05, 4.69) is 48.3 Å². The molecule has 2 rings (SSSR count). The second kappa shape index (κ2) is 5.35. The zero-order valence-corrected chi connectivity index (χ0v) is 10.4. The van der Waals surface area contributed by atoms with Crippen LogP contribution in [-0.2, 0) is 6.54 Å². The molecule has 1 fully saturated rings. The van der Waals surface area contributed by atoms with Gasteiger partial charge in [0.1, 0.15) is 0 Å².